The molecule has 17 heavy (non-hydrogen) atoms. The fourth-order valence-corrected chi connectivity index (χ4v) is 1.03. The number of hydrogen-bond acceptors (Lipinski definition) is 5. The molecule has 0 aromatic carbocycles. The van der Waals surface area contributed by atoms with Crippen molar-refractivity contribution in [2.45, 2.75) is 13.3 Å². The second-order valence-electron chi connectivity index (χ2n) is 2.89. The van der Waals surface area contributed by atoms with Crippen LogP contribution in [0.5, 0.6) is 5.88 Å². The summed E-state index contributed by atoms with van der Waals surface area (Å²) in [6.45, 7) is 1.66. The molecular weight excluding hydrogens is 241 g/mol. The maximum atomic E-state index is 11.9. The Labute approximate surface area is 94.3 Å². The van der Waals surface area contributed by atoms with Crippen molar-refractivity contribution in [3.8, 4) is 5.88 Å². The van der Waals surface area contributed by atoms with Crippen LogP contribution in [0.3, 0.4) is 0 Å². The summed E-state index contributed by atoms with van der Waals surface area (Å²) in [5, 5.41) is 0. The number of carbonyl (C=O) groups excluding carboxylic acids is 1. The molecule has 8 heteroatoms. The standard InChI is InChI=1S/C9H9F3N2O3/c1-2-16-8(15)5-3-6(13)14-7(4-5)17-9(10,11)12/h3-4H,2H2,1H3,(H2,13,14). The molecular formula is C9H9F3N2O3. The van der Waals surface area contributed by atoms with Gasteiger partial charge in [0.05, 0.1) is 12.2 Å². The molecule has 1 rings (SSSR count). The minimum absolute atomic E-state index is 0.0938. The molecule has 0 aliphatic carbocycles. The van der Waals surface area contributed by atoms with Crippen molar-refractivity contribution in [3.63, 3.8) is 0 Å². The van der Waals surface area contributed by atoms with Crippen molar-refractivity contribution in [1.82, 2.24) is 4.98 Å². The van der Waals surface area contributed by atoms with Crippen LogP contribution in [-0.2, 0) is 4.74 Å². The first-order chi connectivity index (χ1) is 7.81. The quantitative estimate of drug-likeness (QED) is 0.827. The number of hydrogen-bond donors (Lipinski definition) is 1. The lowest BCUT2D eigenvalue weighted by molar-refractivity contribution is -0.276. The molecule has 5 nitrogen and oxygen atoms in total. The first-order valence-corrected chi connectivity index (χ1v) is 4.52. The Morgan fingerprint density at radius 3 is 2.65 bits per heavy atom. The molecule has 0 bridgehead atoms. The van der Waals surface area contributed by atoms with Crippen molar-refractivity contribution in [2.24, 2.45) is 0 Å². The third-order valence-electron chi connectivity index (χ3n) is 1.55. The summed E-state index contributed by atoms with van der Waals surface area (Å²) >= 11 is 0. The summed E-state index contributed by atoms with van der Waals surface area (Å²) in [4.78, 5) is 14.6. The number of alkyl halides is 3. The Balaban J connectivity index is 2.98. The Hall–Kier alpha value is -1.99. The van der Waals surface area contributed by atoms with Gasteiger partial charge in [-0.1, -0.05) is 0 Å². The summed E-state index contributed by atoms with van der Waals surface area (Å²) < 4.78 is 44.0. The first-order valence-electron chi connectivity index (χ1n) is 4.52. The lowest BCUT2D eigenvalue weighted by Crippen LogP contribution is -2.19. The molecule has 2 N–H and O–H groups in total. The number of anilines is 1. The van der Waals surface area contributed by atoms with Crippen LogP contribution in [-0.4, -0.2) is 23.9 Å². The largest absolute Gasteiger partial charge is 0.574 e. The summed E-state index contributed by atoms with van der Waals surface area (Å²) in [5.74, 6) is -1.87. The molecule has 0 unspecified atom stereocenters. The van der Waals surface area contributed by atoms with E-state index in [0.717, 1.165) is 12.1 Å². The van der Waals surface area contributed by atoms with E-state index in [1.807, 2.05) is 0 Å². The summed E-state index contributed by atoms with van der Waals surface area (Å²) in [5.41, 5.74) is 5.09. The molecule has 0 amide bonds. The molecule has 1 heterocycles. The first kappa shape index (κ1) is 13.1. The zero-order chi connectivity index (χ0) is 13.1. The van der Waals surface area contributed by atoms with E-state index in [2.05, 4.69) is 14.5 Å². The predicted octanol–water partition coefficient (Wildman–Crippen LogP) is 1.74. The predicted molar refractivity (Wildman–Crippen MR) is 51.3 cm³/mol. The van der Waals surface area contributed by atoms with E-state index in [0.29, 0.717) is 0 Å². The third-order valence-corrected chi connectivity index (χ3v) is 1.55. The molecule has 0 saturated carbocycles. The van der Waals surface area contributed by atoms with E-state index in [-0.39, 0.29) is 18.0 Å². The molecule has 1 aromatic heterocycles. The summed E-state index contributed by atoms with van der Waals surface area (Å²) in [7, 11) is 0. The van der Waals surface area contributed by atoms with Crippen LogP contribution in [0.25, 0.3) is 0 Å². The third kappa shape index (κ3) is 4.17. The van der Waals surface area contributed by atoms with Crippen LogP contribution in [0, 0.1) is 0 Å². The normalized spacial score (nSPS) is 11.1. The highest BCUT2D eigenvalue weighted by atomic mass is 19.4. The maximum absolute atomic E-state index is 11.9. The molecule has 0 radical (unpaired) electrons. The molecule has 94 valence electrons. The zero-order valence-corrected chi connectivity index (χ0v) is 8.75. The number of nitrogens with two attached hydrogens (primary N) is 1. The van der Waals surface area contributed by atoms with Gasteiger partial charge in [-0.25, -0.2) is 4.79 Å². The fourth-order valence-electron chi connectivity index (χ4n) is 1.03. The molecule has 0 aliphatic heterocycles. The van der Waals surface area contributed by atoms with E-state index in [1.165, 1.54) is 0 Å². The van der Waals surface area contributed by atoms with E-state index >= 15 is 0 Å². The molecule has 0 aliphatic rings. The van der Waals surface area contributed by atoms with E-state index < -0.39 is 18.2 Å². The van der Waals surface area contributed by atoms with Gasteiger partial charge in [0.2, 0.25) is 5.88 Å². The SMILES string of the molecule is CCOC(=O)c1cc(N)nc(OC(F)(F)F)c1. The zero-order valence-electron chi connectivity index (χ0n) is 8.75. The highest BCUT2D eigenvalue weighted by Gasteiger charge is 2.32. The van der Waals surface area contributed by atoms with Crippen LogP contribution in [0.15, 0.2) is 12.1 Å². The van der Waals surface area contributed by atoms with Crippen LogP contribution in [0.4, 0.5) is 19.0 Å². The number of pyridine rings is 1. The van der Waals surface area contributed by atoms with Crippen molar-refractivity contribution < 1.29 is 27.4 Å². The Morgan fingerprint density at radius 2 is 2.12 bits per heavy atom. The Kier molecular flexibility index (Phi) is 3.77. The van der Waals surface area contributed by atoms with Gasteiger partial charge >= 0.3 is 12.3 Å². The van der Waals surface area contributed by atoms with E-state index in [1.54, 1.807) is 6.92 Å². The van der Waals surface area contributed by atoms with Gasteiger partial charge in [0.25, 0.3) is 0 Å². The van der Waals surface area contributed by atoms with Gasteiger partial charge in [0.1, 0.15) is 5.82 Å². The van der Waals surface area contributed by atoms with Crippen molar-refractivity contribution in [2.75, 3.05) is 12.3 Å². The van der Waals surface area contributed by atoms with Crippen molar-refractivity contribution in [3.05, 3.63) is 17.7 Å². The van der Waals surface area contributed by atoms with Gasteiger partial charge in [-0.05, 0) is 13.0 Å². The average Bonchev–Trinajstić information content (AvgIpc) is 2.14. The second kappa shape index (κ2) is 4.89. The molecule has 0 fully saturated rings. The van der Waals surface area contributed by atoms with Crippen molar-refractivity contribution in [1.29, 1.82) is 0 Å². The van der Waals surface area contributed by atoms with Crippen LogP contribution < -0.4 is 10.5 Å². The number of aromatic nitrogens is 1. The number of rotatable bonds is 3. The van der Waals surface area contributed by atoms with Gasteiger partial charge in [-0.2, -0.15) is 4.98 Å². The van der Waals surface area contributed by atoms with Gasteiger partial charge in [-0.3, -0.25) is 0 Å². The average molecular weight is 250 g/mol. The summed E-state index contributed by atoms with van der Waals surface area (Å²) in [6.07, 6.45) is -4.90. The van der Waals surface area contributed by atoms with Gasteiger partial charge in [0, 0.05) is 6.07 Å². The number of nitrogen functional groups attached to an aromatic ring is 1. The Bertz CT molecular complexity index is 420. The monoisotopic (exact) mass is 250 g/mol. The summed E-state index contributed by atoms with van der Waals surface area (Å²) in [6, 6.07) is 1.91. The molecule has 0 spiro atoms. The number of ether oxygens (including phenoxy) is 2. The number of carbonyl (C=O) groups is 1. The lowest BCUT2D eigenvalue weighted by Gasteiger charge is -2.09. The topological polar surface area (TPSA) is 74.4 Å². The number of nitrogens with zero attached hydrogens (tertiary/aromatic N) is 1. The fraction of sp³-hybridized carbons (Fsp3) is 0.333. The molecule has 1 aromatic rings. The molecule has 0 saturated heterocycles. The number of halogens is 3. The van der Waals surface area contributed by atoms with Crippen molar-refractivity contribution >= 4 is 11.8 Å². The van der Waals surface area contributed by atoms with Crippen LogP contribution >= 0.6 is 0 Å². The number of esters is 1. The minimum atomic E-state index is -4.90. The second-order valence-corrected chi connectivity index (χ2v) is 2.89. The van der Waals surface area contributed by atoms with Gasteiger partial charge < -0.3 is 15.2 Å². The molecule has 0 atom stereocenters. The highest BCUT2D eigenvalue weighted by molar-refractivity contribution is 5.90. The lowest BCUT2D eigenvalue weighted by atomic mass is 10.2. The smallest absolute Gasteiger partial charge is 0.462 e. The van der Waals surface area contributed by atoms with Crippen LogP contribution in [0.2, 0.25) is 0 Å². The highest BCUT2D eigenvalue weighted by Crippen LogP contribution is 2.23. The Morgan fingerprint density at radius 1 is 1.47 bits per heavy atom. The van der Waals surface area contributed by atoms with Gasteiger partial charge in [0.15, 0.2) is 0 Å². The van der Waals surface area contributed by atoms with Crippen LogP contribution in [0.1, 0.15) is 17.3 Å². The van der Waals surface area contributed by atoms with Gasteiger partial charge in [-0.15, -0.1) is 13.2 Å². The minimum Gasteiger partial charge on any atom is -0.462 e. The maximum Gasteiger partial charge on any atom is 0.574 e. The van der Waals surface area contributed by atoms with E-state index in [9.17, 15) is 18.0 Å². The van der Waals surface area contributed by atoms with E-state index in [4.69, 9.17) is 5.73 Å².